The van der Waals surface area contributed by atoms with Crippen LogP contribution in [0.3, 0.4) is 0 Å². The topological polar surface area (TPSA) is 59.8 Å². The predicted molar refractivity (Wildman–Crippen MR) is 133 cm³/mol. The fourth-order valence-corrected chi connectivity index (χ4v) is 5.32. The molecule has 3 rings (SSSR count). The van der Waals surface area contributed by atoms with Gasteiger partial charge in [-0.3, -0.25) is 4.79 Å². The van der Waals surface area contributed by atoms with Crippen molar-refractivity contribution in [2.75, 3.05) is 11.1 Å². The van der Waals surface area contributed by atoms with Gasteiger partial charge in [0.05, 0.1) is 11.5 Å². The molecule has 3 aromatic rings. The second-order valence-corrected chi connectivity index (χ2v) is 9.80. The smallest absolute Gasteiger partial charge is 0.234 e. The van der Waals surface area contributed by atoms with E-state index in [-0.39, 0.29) is 11.7 Å². The quantitative estimate of drug-likeness (QED) is 0.320. The molecule has 1 N–H and O–H groups in total. The van der Waals surface area contributed by atoms with Crippen LogP contribution in [0, 0.1) is 6.92 Å². The lowest BCUT2D eigenvalue weighted by atomic mass is 10.2. The number of halogens is 3. The number of carbonyl (C=O) groups excluding carboxylic acids is 1. The van der Waals surface area contributed by atoms with Crippen molar-refractivity contribution in [3.63, 3.8) is 0 Å². The predicted octanol–water partition coefficient (Wildman–Crippen LogP) is 6.73. The summed E-state index contributed by atoms with van der Waals surface area (Å²) < 4.78 is 2.03. The Labute approximate surface area is 205 Å². The van der Waals surface area contributed by atoms with Gasteiger partial charge >= 0.3 is 0 Å². The van der Waals surface area contributed by atoms with Crippen molar-refractivity contribution in [1.29, 1.82) is 0 Å². The number of amides is 1. The van der Waals surface area contributed by atoms with Gasteiger partial charge in [0.2, 0.25) is 5.91 Å². The Morgan fingerprint density at radius 2 is 1.90 bits per heavy atom. The second-order valence-electron chi connectivity index (χ2n) is 6.62. The maximum Gasteiger partial charge on any atom is 0.234 e. The van der Waals surface area contributed by atoms with Crippen molar-refractivity contribution >= 4 is 69.9 Å². The SMILES string of the molecule is CCn1c(CSCc2ccc(Cl)cc2Cl)nnc1SCC(=O)Nc1cccc(Cl)c1C. The number of nitrogens with one attached hydrogen (secondary N) is 1. The Morgan fingerprint density at radius 3 is 2.65 bits per heavy atom. The van der Waals surface area contributed by atoms with E-state index in [2.05, 4.69) is 15.5 Å². The normalized spacial score (nSPS) is 11.0. The highest BCUT2D eigenvalue weighted by atomic mass is 35.5. The molecule has 10 heteroatoms. The number of carbonyl (C=O) groups is 1. The van der Waals surface area contributed by atoms with Gasteiger partial charge in [-0.15, -0.1) is 22.0 Å². The zero-order valence-corrected chi connectivity index (χ0v) is 20.9. The Balaban J connectivity index is 1.55. The van der Waals surface area contributed by atoms with Gasteiger partial charge in [-0.2, -0.15) is 0 Å². The number of aromatic nitrogens is 3. The first-order valence-electron chi connectivity index (χ1n) is 9.50. The van der Waals surface area contributed by atoms with Crippen LogP contribution in [0.2, 0.25) is 15.1 Å². The standard InChI is InChI=1S/C21H21Cl3N4OS2/c1-3-28-19(11-30-10-14-7-8-15(22)9-17(14)24)26-27-21(28)31-12-20(29)25-18-6-4-5-16(23)13(18)2/h4-9H,3,10-12H2,1-2H3,(H,25,29). The Hall–Kier alpha value is -1.38. The summed E-state index contributed by atoms with van der Waals surface area (Å²) in [7, 11) is 0. The monoisotopic (exact) mass is 514 g/mol. The lowest BCUT2D eigenvalue weighted by Gasteiger charge is -2.10. The molecule has 0 spiro atoms. The fourth-order valence-electron chi connectivity index (χ4n) is 2.80. The summed E-state index contributed by atoms with van der Waals surface area (Å²) in [6.07, 6.45) is 0. The lowest BCUT2D eigenvalue weighted by Crippen LogP contribution is -2.15. The van der Waals surface area contributed by atoms with E-state index in [9.17, 15) is 4.79 Å². The number of anilines is 1. The molecule has 5 nitrogen and oxygen atoms in total. The molecule has 2 aromatic carbocycles. The summed E-state index contributed by atoms with van der Waals surface area (Å²) in [6, 6.07) is 11.0. The third-order valence-corrected chi connectivity index (χ3v) is 7.43. The molecule has 0 radical (unpaired) electrons. The van der Waals surface area contributed by atoms with Crippen LogP contribution in [0.4, 0.5) is 5.69 Å². The largest absolute Gasteiger partial charge is 0.325 e. The van der Waals surface area contributed by atoms with Crippen LogP contribution in [0.5, 0.6) is 0 Å². The van der Waals surface area contributed by atoms with E-state index in [1.54, 1.807) is 23.9 Å². The molecule has 0 saturated heterocycles. The van der Waals surface area contributed by atoms with E-state index in [1.165, 1.54) is 11.8 Å². The molecule has 164 valence electrons. The van der Waals surface area contributed by atoms with Crippen LogP contribution in [-0.4, -0.2) is 26.4 Å². The van der Waals surface area contributed by atoms with Gasteiger partial charge in [-0.1, -0.05) is 58.7 Å². The minimum atomic E-state index is -0.116. The molecule has 1 heterocycles. The van der Waals surface area contributed by atoms with Gasteiger partial charge < -0.3 is 9.88 Å². The molecule has 0 aliphatic heterocycles. The Morgan fingerprint density at radius 1 is 1.10 bits per heavy atom. The van der Waals surface area contributed by atoms with Crippen molar-refractivity contribution in [2.45, 2.75) is 37.1 Å². The van der Waals surface area contributed by atoms with E-state index >= 15 is 0 Å². The van der Waals surface area contributed by atoms with Gasteiger partial charge in [-0.05, 0) is 49.2 Å². The van der Waals surface area contributed by atoms with Crippen molar-refractivity contribution in [2.24, 2.45) is 0 Å². The van der Waals surface area contributed by atoms with Crippen LogP contribution >= 0.6 is 58.3 Å². The average Bonchev–Trinajstić information content (AvgIpc) is 3.13. The number of hydrogen-bond acceptors (Lipinski definition) is 5. The maximum atomic E-state index is 12.4. The Bertz CT molecular complexity index is 1070. The second kappa shape index (κ2) is 11.5. The van der Waals surface area contributed by atoms with Gasteiger partial charge in [0.15, 0.2) is 5.16 Å². The van der Waals surface area contributed by atoms with Crippen LogP contribution in [0.15, 0.2) is 41.6 Å². The first-order chi connectivity index (χ1) is 14.9. The van der Waals surface area contributed by atoms with Gasteiger partial charge in [0, 0.05) is 33.1 Å². The highest BCUT2D eigenvalue weighted by molar-refractivity contribution is 7.99. The molecule has 0 unspecified atom stereocenters. The number of thioether (sulfide) groups is 2. The van der Waals surface area contributed by atoms with Crippen molar-refractivity contribution in [3.05, 3.63) is 68.4 Å². The van der Waals surface area contributed by atoms with Crippen molar-refractivity contribution < 1.29 is 4.79 Å². The average molecular weight is 516 g/mol. The van der Waals surface area contributed by atoms with Crippen molar-refractivity contribution in [3.8, 4) is 0 Å². The van der Waals surface area contributed by atoms with Crippen LogP contribution in [-0.2, 0) is 22.8 Å². The third kappa shape index (κ3) is 6.56. The minimum Gasteiger partial charge on any atom is -0.325 e. The molecule has 0 aliphatic rings. The Kier molecular flexibility index (Phi) is 8.98. The fraction of sp³-hybridized carbons (Fsp3) is 0.286. The van der Waals surface area contributed by atoms with Crippen LogP contribution < -0.4 is 5.32 Å². The summed E-state index contributed by atoms with van der Waals surface area (Å²) in [5.74, 6) is 2.42. The summed E-state index contributed by atoms with van der Waals surface area (Å²) in [5.41, 5.74) is 2.59. The van der Waals surface area contributed by atoms with Crippen molar-refractivity contribution in [1.82, 2.24) is 14.8 Å². The number of benzene rings is 2. The van der Waals surface area contributed by atoms with Gasteiger partial charge in [0.1, 0.15) is 5.82 Å². The molecule has 0 atom stereocenters. The molecule has 0 aliphatic carbocycles. The summed E-state index contributed by atoms with van der Waals surface area (Å²) in [5, 5.41) is 14.1. The van der Waals surface area contributed by atoms with Crippen LogP contribution in [0.1, 0.15) is 23.9 Å². The molecule has 0 saturated carbocycles. The molecule has 0 bridgehead atoms. The number of hydrogen-bond donors (Lipinski definition) is 1. The van der Waals surface area contributed by atoms with E-state index < -0.39 is 0 Å². The maximum absolute atomic E-state index is 12.4. The molecule has 1 amide bonds. The highest BCUT2D eigenvalue weighted by Gasteiger charge is 2.14. The summed E-state index contributed by atoms with van der Waals surface area (Å²) in [4.78, 5) is 12.4. The number of nitrogens with zero attached hydrogens (tertiary/aromatic N) is 3. The summed E-state index contributed by atoms with van der Waals surface area (Å²) in [6.45, 7) is 4.63. The molecular weight excluding hydrogens is 495 g/mol. The van der Waals surface area contributed by atoms with E-state index in [1.807, 2.05) is 42.7 Å². The van der Waals surface area contributed by atoms with E-state index in [0.29, 0.717) is 26.5 Å². The zero-order valence-electron chi connectivity index (χ0n) is 17.0. The van der Waals surface area contributed by atoms with E-state index in [0.717, 1.165) is 34.4 Å². The molecule has 31 heavy (non-hydrogen) atoms. The third-order valence-electron chi connectivity index (χ3n) is 4.49. The van der Waals surface area contributed by atoms with Gasteiger partial charge in [-0.25, -0.2) is 0 Å². The minimum absolute atomic E-state index is 0.116. The molecule has 1 aromatic heterocycles. The van der Waals surface area contributed by atoms with Gasteiger partial charge in [0.25, 0.3) is 0 Å². The first-order valence-corrected chi connectivity index (χ1v) is 12.8. The van der Waals surface area contributed by atoms with Crippen LogP contribution in [0.25, 0.3) is 0 Å². The molecular formula is C21H21Cl3N4OS2. The summed E-state index contributed by atoms with van der Waals surface area (Å²) >= 11 is 21.4. The number of rotatable bonds is 9. The molecule has 0 fully saturated rings. The lowest BCUT2D eigenvalue weighted by molar-refractivity contribution is -0.113. The zero-order chi connectivity index (χ0) is 22.4. The highest BCUT2D eigenvalue weighted by Crippen LogP contribution is 2.27. The van der Waals surface area contributed by atoms with E-state index in [4.69, 9.17) is 34.8 Å². The first kappa shape index (κ1) is 24.3.